The summed E-state index contributed by atoms with van der Waals surface area (Å²) in [4.78, 5) is 9.75. The predicted octanol–water partition coefficient (Wildman–Crippen LogP) is 4.99. The van der Waals surface area contributed by atoms with E-state index in [0.29, 0.717) is 0 Å². The molecule has 0 aliphatic heterocycles. The zero-order valence-electron chi connectivity index (χ0n) is 16.0. The van der Waals surface area contributed by atoms with Gasteiger partial charge in [-0.15, -0.1) is 5.10 Å². The third-order valence-corrected chi connectivity index (χ3v) is 3.56. The van der Waals surface area contributed by atoms with Gasteiger partial charge < -0.3 is 0 Å². The van der Waals surface area contributed by atoms with Crippen molar-refractivity contribution in [3.8, 4) is 0 Å². The molecule has 0 unspecified atom stereocenters. The Morgan fingerprint density at radius 3 is 1.96 bits per heavy atom. The maximum atomic E-state index is 9.87. The number of aromatic nitrogens is 3. The molecule has 0 spiro atoms. The molecule has 0 amide bonds. The number of hydrogen-bond acceptors (Lipinski definition) is 3. The van der Waals surface area contributed by atoms with Gasteiger partial charge in [0.25, 0.3) is 0 Å². The number of para-hydroxylation sites is 1. The molecule has 0 atom stereocenters. The van der Waals surface area contributed by atoms with Crippen molar-refractivity contribution >= 4 is 24.9 Å². The Bertz CT molecular complexity index is 800. The molecule has 0 fully saturated rings. The zero-order valence-corrected chi connectivity index (χ0v) is 16.9. The Morgan fingerprint density at radius 2 is 1.50 bits per heavy atom. The summed E-state index contributed by atoms with van der Waals surface area (Å²) in [6.45, 7) is 12.0. The molecule has 0 aliphatic rings. The molecule has 2 aromatic rings. The van der Waals surface area contributed by atoms with Crippen LogP contribution in [0.5, 0.6) is 0 Å². The van der Waals surface area contributed by atoms with Crippen molar-refractivity contribution in [1.29, 1.82) is 0 Å². The van der Waals surface area contributed by atoms with Crippen molar-refractivity contribution in [2.75, 3.05) is 26.2 Å². The number of fused-ring (bicyclic) bond motifs is 1. The van der Waals surface area contributed by atoms with E-state index in [1.165, 1.54) is 4.85 Å². The molecule has 0 bridgehead atoms. The molecule has 162 valence electrons. The average molecular weight is 435 g/mol. The molecule has 0 aliphatic carbocycles. The molecule has 13 heteroatoms. The second kappa shape index (κ2) is 8.10. The molecular formula is C15H24F6N5OP. The van der Waals surface area contributed by atoms with E-state index in [1.54, 1.807) is 0 Å². The normalized spacial score (nSPS) is 13.8. The molecule has 0 saturated carbocycles. The maximum absolute atomic E-state index is 10.7. The molecule has 1 heterocycles. The molecule has 0 N–H and O–H groups in total. The first-order chi connectivity index (χ1) is 12.7. The number of halogens is 6. The van der Waals surface area contributed by atoms with Crippen molar-refractivity contribution in [2.24, 2.45) is 0 Å². The molecule has 28 heavy (non-hydrogen) atoms. The number of hydrogen-bond donors (Lipinski definition) is 0. The first-order valence-electron chi connectivity index (χ1n) is 8.62. The Balaban J connectivity index is 0.000000480. The Morgan fingerprint density at radius 1 is 1.00 bits per heavy atom. The van der Waals surface area contributed by atoms with Crippen LogP contribution >= 0.6 is 7.81 Å². The van der Waals surface area contributed by atoms with Gasteiger partial charge in [-0.2, -0.15) is 0 Å². The summed E-state index contributed by atoms with van der Waals surface area (Å²) in [7, 11) is -10.7. The van der Waals surface area contributed by atoms with Crippen LogP contribution in [-0.2, 0) is 0 Å². The van der Waals surface area contributed by atoms with Gasteiger partial charge in [-0.3, -0.25) is 4.84 Å². The number of benzene rings is 1. The summed E-state index contributed by atoms with van der Waals surface area (Å²) < 4.78 is 61.4. The van der Waals surface area contributed by atoms with Crippen molar-refractivity contribution in [3.05, 3.63) is 24.3 Å². The van der Waals surface area contributed by atoms with E-state index in [-0.39, 0.29) is 0 Å². The molecule has 1 aromatic heterocycles. The summed E-state index contributed by atoms with van der Waals surface area (Å²) in [5, 5.41) is 8.24. The van der Waals surface area contributed by atoms with Crippen LogP contribution in [0.15, 0.2) is 24.3 Å². The zero-order chi connectivity index (χ0) is 21.7. The van der Waals surface area contributed by atoms with Crippen LogP contribution in [0.3, 0.4) is 0 Å². The van der Waals surface area contributed by atoms with Gasteiger partial charge in [-0.1, -0.05) is 17.0 Å². The van der Waals surface area contributed by atoms with E-state index >= 15 is 0 Å². The van der Waals surface area contributed by atoms with Crippen LogP contribution in [0.1, 0.15) is 27.7 Å². The second-order valence-electron chi connectivity index (χ2n) is 5.63. The number of amidine groups is 1. The van der Waals surface area contributed by atoms with E-state index < -0.39 is 7.81 Å². The molecule has 6 nitrogen and oxygen atoms in total. The van der Waals surface area contributed by atoms with Crippen LogP contribution in [0.25, 0.3) is 11.0 Å². The first-order valence-corrected chi connectivity index (χ1v) is 10.6. The Labute approximate surface area is 158 Å². The van der Waals surface area contributed by atoms with Gasteiger partial charge in [0.15, 0.2) is 0 Å². The van der Waals surface area contributed by atoms with Crippen LogP contribution in [0, 0.1) is 0 Å². The molecule has 0 saturated heterocycles. The third kappa shape index (κ3) is 8.73. The van der Waals surface area contributed by atoms with Crippen LogP contribution < -0.4 is 4.84 Å². The molecular weight excluding hydrogens is 411 g/mol. The standard InChI is InChI=1S/C15H24N5O.F6P/c1-5-18(6-2)15(19(7-3)8-4)21-20-14-12-10-9-11-13(14)16-17-20;1-7(2,3,4,5)6/h9-12H,5-8H2,1-4H3;/q+1;-1. The Hall–Kier alpha value is -2.10. The summed E-state index contributed by atoms with van der Waals surface area (Å²) in [6.07, 6.45) is 0. The monoisotopic (exact) mass is 435 g/mol. The second-order valence-corrected chi connectivity index (χ2v) is 7.54. The van der Waals surface area contributed by atoms with E-state index in [4.69, 9.17) is 4.84 Å². The van der Waals surface area contributed by atoms with Crippen molar-refractivity contribution in [3.63, 3.8) is 0 Å². The van der Waals surface area contributed by atoms with Gasteiger partial charge in [-0.25, -0.2) is 9.48 Å². The van der Waals surface area contributed by atoms with Gasteiger partial charge in [-0.05, 0) is 45.0 Å². The molecule has 0 radical (unpaired) electrons. The Kier molecular flexibility index (Phi) is 6.93. The van der Waals surface area contributed by atoms with Gasteiger partial charge >= 0.3 is 39.0 Å². The summed E-state index contributed by atoms with van der Waals surface area (Å²) in [6, 6.07) is 8.61. The quantitative estimate of drug-likeness (QED) is 0.218. The van der Waals surface area contributed by atoms with E-state index in [2.05, 4.69) is 47.5 Å². The van der Waals surface area contributed by atoms with Gasteiger partial charge in [0, 0.05) is 0 Å². The topological polar surface area (TPSA) is 46.2 Å². The summed E-state index contributed by atoms with van der Waals surface area (Å²) in [5.41, 5.74) is 1.70. The van der Waals surface area contributed by atoms with Gasteiger partial charge in [0.2, 0.25) is 0 Å². The minimum absolute atomic E-state index is 0.820. The summed E-state index contributed by atoms with van der Waals surface area (Å²) in [5.74, 6) is 0. The third-order valence-electron chi connectivity index (χ3n) is 3.56. The number of rotatable bonds is 5. The van der Waals surface area contributed by atoms with Crippen LogP contribution in [0.2, 0.25) is 0 Å². The minimum atomic E-state index is -10.7. The average Bonchev–Trinajstić information content (AvgIpc) is 2.97. The summed E-state index contributed by atoms with van der Waals surface area (Å²) >= 11 is 0. The van der Waals surface area contributed by atoms with Crippen LogP contribution in [-0.4, -0.2) is 56.8 Å². The fourth-order valence-electron chi connectivity index (χ4n) is 2.30. The van der Waals surface area contributed by atoms with Crippen molar-refractivity contribution < 1.29 is 34.6 Å². The molecule has 2 rings (SSSR count). The number of nitrogens with zero attached hydrogens (tertiary/aromatic N) is 5. The van der Waals surface area contributed by atoms with Crippen molar-refractivity contribution in [2.45, 2.75) is 27.7 Å². The molecule has 1 aromatic carbocycles. The van der Waals surface area contributed by atoms with Gasteiger partial charge in [0.05, 0.1) is 26.2 Å². The van der Waals surface area contributed by atoms with E-state index in [9.17, 15) is 25.2 Å². The van der Waals surface area contributed by atoms with E-state index in [1.807, 2.05) is 24.3 Å². The fraction of sp³-hybridized carbons (Fsp3) is 0.533. The first kappa shape index (κ1) is 23.9. The van der Waals surface area contributed by atoms with Crippen LogP contribution in [0.4, 0.5) is 25.2 Å². The van der Waals surface area contributed by atoms with E-state index in [0.717, 1.165) is 43.2 Å². The van der Waals surface area contributed by atoms with Gasteiger partial charge in [0.1, 0.15) is 11.0 Å². The predicted molar refractivity (Wildman–Crippen MR) is 96.9 cm³/mol. The van der Waals surface area contributed by atoms with Crippen molar-refractivity contribution in [1.82, 2.24) is 20.1 Å². The fourth-order valence-corrected chi connectivity index (χ4v) is 2.30. The SMILES string of the molecule is CCN(CC)C(On1nnc2ccccc21)=[N+](CC)CC.F[P-](F)(F)(F)(F)F.